The Bertz CT molecular complexity index is 380. The van der Waals surface area contributed by atoms with E-state index in [2.05, 4.69) is 46.0 Å². The topological polar surface area (TPSA) is 3.24 Å². The Morgan fingerprint density at radius 2 is 2.29 bits per heavy atom. The number of rotatable bonds is 3. The first kappa shape index (κ1) is 13.2. The van der Waals surface area contributed by atoms with E-state index in [1.165, 1.54) is 43.6 Å². The second-order valence-electron chi connectivity index (χ2n) is 4.77. The largest absolute Gasteiger partial charge is 0.371 e. The van der Waals surface area contributed by atoms with Crippen LogP contribution in [0.1, 0.15) is 31.7 Å². The molecule has 17 heavy (non-hydrogen) atoms. The van der Waals surface area contributed by atoms with Crippen molar-refractivity contribution in [3.63, 3.8) is 0 Å². The van der Waals surface area contributed by atoms with Crippen molar-refractivity contribution in [3.05, 3.63) is 28.2 Å². The van der Waals surface area contributed by atoms with Gasteiger partial charge in [0, 0.05) is 29.1 Å². The van der Waals surface area contributed by atoms with Crippen molar-refractivity contribution >= 4 is 33.2 Å². The Morgan fingerprint density at radius 1 is 1.47 bits per heavy atom. The first-order valence-corrected chi connectivity index (χ1v) is 7.66. The van der Waals surface area contributed by atoms with Gasteiger partial charge >= 0.3 is 0 Å². The molecule has 0 N–H and O–H groups in total. The van der Waals surface area contributed by atoms with E-state index in [9.17, 15) is 0 Å². The predicted octanol–water partition coefficient (Wildman–Crippen LogP) is 4.81. The van der Waals surface area contributed by atoms with Gasteiger partial charge in [-0.3, -0.25) is 0 Å². The summed E-state index contributed by atoms with van der Waals surface area (Å²) >= 11 is 9.47. The highest BCUT2D eigenvalue weighted by atomic mass is 79.9. The van der Waals surface area contributed by atoms with Gasteiger partial charge in [0.1, 0.15) is 0 Å². The number of anilines is 1. The van der Waals surface area contributed by atoms with Crippen molar-refractivity contribution in [1.82, 2.24) is 0 Å². The van der Waals surface area contributed by atoms with Gasteiger partial charge in [0.15, 0.2) is 0 Å². The standard InChI is InChI=1S/C14H19BrClN/c1-2-11-4-3-7-17(10-11)13-6-5-12(9-16)14(15)8-13/h5-6,8,11H,2-4,7,9-10H2,1H3. The van der Waals surface area contributed by atoms with E-state index in [0.29, 0.717) is 5.88 Å². The van der Waals surface area contributed by atoms with Crippen LogP contribution in [-0.2, 0) is 5.88 Å². The molecule has 1 unspecified atom stereocenters. The van der Waals surface area contributed by atoms with Crippen LogP contribution >= 0.6 is 27.5 Å². The molecule has 1 saturated heterocycles. The van der Waals surface area contributed by atoms with E-state index >= 15 is 0 Å². The molecular weight excluding hydrogens is 298 g/mol. The zero-order chi connectivity index (χ0) is 12.3. The molecule has 1 aliphatic rings. The number of hydrogen-bond donors (Lipinski definition) is 0. The van der Waals surface area contributed by atoms with Crippen molar-refractivity contribution in [1.29, 1.82) is 0 Å². The molecule has 1 heterocycles. The Hall–Kier alpha value is -0.210. The molecule has 1 atom stereocenters. The van der Waals surface area contributed by atoms with Gasteiger partial charge in [0.2, 0.25) is 0 Å². The number of halogens is 2. The molecule has 0 saturated carbocycles. The summed E-state index contributed by atoms with van der Waals surface area (Å²) in [6.07, 6.45) is 3.98. The molecule has 94 valence electrons. The molecule has 0 amide bonds. The molecule has 0 spiro atoms. The lowest BCUT2D eigenvalue weighted by Gasteiger charge is -2.34. The summed E-state index contributed by atoms with van der Waals surface area (Å²) in [5.41, 5.74) is 2.49. The molecule has 3 heteroatoms. The lowest BCUT2D eigenvalue weighted by Crippen LogP contribution is -2.35. The van der Waals surface area contributed by atoms with E-state index < -0.39 is 0 Å². The Balaban J connectivity index is 2.13. The maximum absolute atomic E-state index is 5.87. The van der Waals surface area contributed by atoms with E-state index in [-0.39, 0.29) is 0 Å². The van der Waals surface area contributed by atoms with Crippen molar-refractivity contribution in [2.24, 2.45) is 5.92 Å². The van der Waals surface area contributed by atoms with Crippen LogP contribution in [0.2, 0.25) is 0 Å². The Morgan fingerprint density at radius 3 is 2.94 bits per heavy atom. The quantitative estimate of drug-likeness (QED) is 0.723. The zero-order valence-corrected chi connectivity index (χ0v) is 12.6. The second-order valence-corrected chi connectivity index (χ2v) is 5.89. The van der Waals surface area contributed by atoms with Gasteiger partial charge in [-0.2, -0.15) is 0 Å². The normalized spacial score (nSPS) is 20.6. The smallest absolute Gasteiger partial charge is 0.0485 e. The molecule has 1 aromatic carbocycles. The summed E-state index contributed by atoms with van der Waals surface area (Å²) in [6, 6.07) is 6.53. The minimum absolute atomic E-state index is 0.568. The third-order valence-corrected chi connectivity index (χ3v) is 4.67. The second kappa shape index (κ2) is 6.10. The van der Waals surface area contributed by atoms with Crippen LogP contribution in [0.15, 0.2) is 22.7 Å². The van der Waals surface area contributed by atoms with E-state index in [4.69, 9.17) is 11.6 Å². The van der Waals surface area contributed by atoms with Crippen LogP contribution in [-0.4, -0.2) is 13.1 Å². The van der Waals surface area contributed by atoms with Crippen LogP contribution in [0.5, 0.6) is 0 Å². The fraction of sp³-hybridized carbons (Fsp3) is 0.571. The van der Waals surface area contributed by atoms with Gasteiger partial charge in [-0.1, -0.05) is 35.3 Å². The lowest BCUT2D eigenvalue weighted by atomic mass is 9.95. The van der Waals surface area contributed by atoms with Crippen molar-refractivity contribution < 1.29 is 0 Å². The van der Waals surface area contributed by atoms with Gasteiger partial charge in [-0.25, -0.2) is 0 Å². The molecule has 0 bridgehead atoms. The monoisotopic (exact) mass is 315 g/mol. The van der Waals surface area contributed by atoms with E-state index in [1.54, 1.807) is 0 Å². The van der Waals surface area contributed by atoms with Crippen LogP contribution in [0.25, 0.3) is 0 Å². The first-order valence-electron chi connectivity index (χ1n) is 6.34. The Labute approximate surface area is 117 Å². The molecule has 1 fully saturated rings. The molecule has 1 nitrogen and oxygen atoms in total. The third-order valence-electron chi connectivity index (χ3n) is 3.64. The third kappa shape index (κ3) is 3.17. The molecular formula is C14H19BrClN. The molecule has 2 rings (SSSR count). The van der Waals surface area contributed by atoms with Crippen LogP contribution in [0.4, 0.5) is 5.69 Å². The summed E-state index contributed by atoms with van der Waals surface area (Å²) in [5, 5.41) is 0. The number of alkyl halides is 1. The summed E-state index contributed by atoms with van der Waals surface area (Å²) < 4.78 is 1.13. The summed E-state index contributed by atoms with van der Waals surface area (Å²) in [5.74, 6) is 1.42. The minimum Gasteiger partial charge on any atom is -0.371 e. The fourth-order valence-electron chi connectivity index (χ4n) is 2.47. The van der Waals surface area contributed by atoms with Gasteiger partial charge in [-0.05, 0) is 36.5 Å². The van der Waals surface area contributed by atoms with Crippen LogP contribution in [0, 0.1) is 5.92 Å². The van der Waals surface area contributed by atoms with Crippen molar-refractivity contribution in [2.45, 2.75) is 32.1 Å². The average molecular weight is 317 g/mol. The van der Waals surface area contributed by atoms with Gasteiger partial charge in [0.05, 0.1) is 0 Å². The summed E-state index contributed by atoms with van der Waals surface area (Å²) in [4.78, 5) is 2.50. The number of benzene rings is 1. The fourth-order valence-corrected chi connectivity index (χ4v) is 3.38. The van der Waals surface area contributed by atoms with Gasteiger partial charge < -0.3 is 4.90 Å². The van der Waals surface area contributed by atoms with Gasteiger partial charge in [0.25, 0.3) is 0 Å². The lowest BCUT2D eigenvalue weighted by molar-refractivity contribution is 0.404. The summed E-state index contributed by atoms with van der Waals surface area (Å²) in [7, 11) is 0. The van der Waals surface area contributed by atoms with Crippen molar-refractivity contribution in [3.8, 4) is 0 Å². The SMILES string of the molecule is CCC1CCCN(c2ccc(CCl)c(Br)c2)C1. The summed E-state index contributed by atoms with van der Waals surface area (Å²) in [6.45, 7) is 4.67. The molecule has 0 aromatic heterocycles. The number of piperidine rings is 1. The highest BCUT2D eigenvalue weighted by Gasteiger charge is 2.19. The maximum Gasteiger partial charge on any atom is 0.0485 e. The number of hydrogen-bond acceptors (Lipinski definition) is 1. The minimum atomic E-state index is 0.568. The molecule has 1 aliphatic heterocycles. The molecule has 0 radical (unpaired) electrons. The average Bonchev–Trinajstić information content (AvgIpc) is 2.38. The zero-order valence-electron chi connectivity index (χ0n) is 10.3. The van der Waals surface area contributed by atoms with Crippen LogP contribution in [0.3, 0.4) is 0 Å². The highest BCUT2D eigenvalue weighted by Crippen LogP contribution is 2.29. The number of nitrogens with zero attached hydrogens (tertiary/aromatic N) is 1. The van der Waals surface area contributed by atoms with E-state index in [1.807, 2.05) is 0 Å². The first-order chi connectivity index (χ1) is 8.24. The predicted molar refractivity (Wildman–Crippen MR) is 78.9 cm³/mol. The van der Waals surface area contributed by atoms with E-state index in [0.717, 1.165) is 10.4 Å². The Kier molecular flexibility index (Phi) is 4.75. The van der Waals surface area contributed by atoms with Crippen molar-refractivity contribution in [2.75, 3.05) is 18.0 Å². The molecule has 1 aromatic rings. The maximum atomic E-state index is 5.87. The van der Waals surface area contributed by atoms with Crippen LogP contribution < -0.4 is 4.90 Å². The molecule has 0 aliphatic carbocycles. The van der Waals surface area contributed by atoms with Gasteiger partial charge in [-0.15, -0.1) is 11.6 Å². The highest BCUT2D eigenvalue weighted by molar-refractivity contribution is 9.10.